The van der Waals surface area contributed by atoms with Gasteiger partial charge >= 0.3 is 0 Å². The Bertz CT molecular complexity index is 9960. The van der Waals surface area contributed by atoms with E-state index in [1.165, 1.54) is 98.8 Å². The fraction of sp³-hybridized carbons (Fsp3) is 0. The van der Waals surface area contributed by atoms with Gasteiger partial charge in [0.05, 0.1) is 33.1 Å². The molecule has 0 N–H and O–H groups in total. The summed E-state index contributed by atoms with van der Waals surface area (Å²) in [6.07, 6.45) is 0. The van der Waals surface area contributed by atoms with Crippen LogP contribution in [0.2, 0.25) is 0 Å². The van der Waals surface area contributed by atoms with Crippen molar-refractivity contribution in [2.24, 2.45) is 0 Å². The molecule has 30 rings (SSSR count). The second-order valence-electron chi connectivity index (χ2n) is 35.1. The smallest absolute Gasteiger partial charge is 0.143 e. The number of hydrogen-bond acceptors (Lipinski definition) is 6. The van der Waals surface area contributed by atoms with E-state index in [2.05, 4.69) is 414 Å². The zero-order chi connectivity index (χ0) is 88.5. The van der Waals surface area contributed by atoms with Crippen molar-refractivity contribution in [1.82, 2.24) is 13.7 Å². The van der Waals surface area contributed by atoms with Gasteiger partial charge in [0, 0.05) is 131 Å². The Morgan fingerprint density at radius 2 is 0.363 bits per heavy atom. The highest BCUT2D eigenvalue weighted by Gasteiger charge is 2.26. The second kappa shape index (κ2) is 30.2. The third-order valence-electron chi connectivity index (χ3n) is 27.6. The van der Waals surface area contributed by atoms with Gasteiger partial charge in [0.25, 0.3) is 0 Å². The third kappa shape index (κ3) is 12.0. The molecule has 0 atom stereocenters. The Labute approximate surface area is 770 Å². The fourth-order valence-electron chi connectivity index (χ4n) is 21.6. The summed E-state index contributed by atoms with van der Waals surface area (Å²) >= 11 is 0. The zero-order valence-electron chi connectivity index (χ0n) is 72.6. The third-order valence-corrected chi connectivity index (χ3v) is 27.6. The molecule has 0 saturated carbocycles. The summed E-state index contributed by atoms with van der Waals surface area (Å²) < 4.78 is 45.7. The fourth-order valence-corrected chi connectivity index (χ4v) is 21.6. The van der Waals surface area contributed by atoms with Gasteiger partial charge in [-0.1, -0.05) is 309 Å². The lowest BCUT2D eigenvalue weighted by Crippen LogP contribution is -1.93. The maximum Gasteiger partial charge on any atom is 0.143 e. The van der Waals surface area contributed by atoms with Crippen molar-refractivity contribution in [3.8, 4) is 83.8 Å². The summed E-state index contributed by atoms with van der Waals surface area (Å²) in [6.45, 7) is 0. The monoisotopic (exact) mass is 1730 g/mol. The molecule has 0 amide bonds. The number of benzene rings is 21. The summed E-state index contributed by atoms with van der Waals surface area (Å²) in [5.74, 6) is 0. The average Bonchev–Trinajstić information content (AvgIpc) is 1.59. The van der Waals surface area contributed by atoms with Crippen LogP contribution in [-0.2, 0) is 0 Å². The molecule has 9 heterocycles. The van der Waals surface area contributed by atoms with Crippen molar-refractivity contribution >= 4 is 197 Å². The zero-order valence-corrected chi connectivity index (χ0v) is 72.6. The van der Waals surface area contributed by atoms with Crippen LogP contribution in [0.25, 0.3) is 281 Å². The first-order chi connectivity index (χ1) is 66.9. The number of rotatable bonds is 9. The van der Waals surface area contributed by atoms with Crippen molar-refractivity contribution in [3.63, 3.8) is 0 Å². The molecule has 0 fully saturated rings. The highest BCUT2D eigenvalue weighted by atomic mass is 16.3. The number of para-hydroxylation sites is 9. The van der Waals surface area contributed by atoms with Gasteiger partial charge in [-0.3, -0.25) is 0 Å². The van der Waals surface area contributed by atoms with Crippen LogP contribution in [-0.4, -0.2) is 13.7 Å². The molecule has 0 aliphatic carbocycles. The van der Waals surface area contributed by atoms with Gasteiger partial charge in [-0.2, -0.15) is 0 Å². The van der Waals surface area contributed by atoms with Gasteiger partial charge in [-0.25, -0.2) is 0 Å². The largest absolute Gasteiger partial charge is 0.456 e. The second-order valence-corrected chi connectivity index (χ2v) is 35.1. The van der Waals surface area contributed by atoms with Crippen molar-refractivity contribution in [1.29, 1.82) is 0 Å². The van der Waals surface area contributed by atoms with Gasteiger partial charge in [0.15, 0.2) is 0 Å². The van der Waals surface area contributed by atoms with E-state index in [0.717, 1.165) is 182 Å². The molecular weight excluding hydrogens is 1650 g/mol. The number of aromatic nitrogens is 3. The Morgan fingerprint density at radius 3 is 0.689 bits per heavy atom. The Balaban J connectivity index is 0.000000101. The molecule has 21 aromatic carbocycles. The van der Waals surface area contributed by atoms with Gasteiger partial charge in [-0.05, 0) is 196 Å². The highest BCUT2D eigenvalue weighted by molar-refractivity contribution is 6.23. The Morgan fingerprint density at radius 1 is 0.126 bits per heavy atom. The van der Waals surface area contributed by atoms with Gasteiger partial charge < -0.3 is 40.2 Å². The SMILES string of the molecule is c1ccc(-c2ccc3c(c2)c2cc(-c4ccccc4)ccc2n3-c2ccc3oc4c(-c5cccc6oc7ccccc7c56)cccc4c3c2)cc1.c1ccc(-c2ccc3c(c2)c2ccccc2n3-c2ccc3oc4c(-c5cccc6oc7ccccc7c56)cccc4c3c2)cc1.c1ccc2c(c1)oc1cccc(-c3cccc4c3oc3ccc(-n5c6ccccc6c6ccccc65)cc34)c12. The lowest BCUT2D eigenvalue weighted by Gasteiger charge is -2.09. The molecule has 9 nitrogen and oxygen atoms in total. The van der Waals surface area contributed by atoms with Gasteiger partial charge in [0.2, 0.25) is 0 Å². The topological polar surface area (TPSA) is 93.6 Å². The first-order valence-corrected chi connectivity index (χ1v) is 45.8. The minimum absolute atomic E-state index is 0.865. The molecule has 9 aromatic heterocycles. The molecule has 9 heteroatoms. The Kier molecular flexibility index (Phi) is 17.0. The summed E-state index contributed by atoms with van der Waals surface area (Å²) in [5, 5.41) is 20.7. The predicted octanol–water partition coefficient (Wildman–Crippen LogP) is 35.7. The van der Waals surface area contributed by atoms with Crippen LogP contribution < -0.4 is 0 Å². The molecule has 135 heavy (non-hydrogen) atoms. The van der Waals surface area contributed by atoms with Crippen molar-refractivity contribution in [2.45, 2.75) is 0 Å². The molecule has 0 unspecified atom stereocenters. The first kappa shape index (κ1) is 75.8. The molecular formula is C126H75N3O6. The summed E-state index contributed by atoms with van der Waals surface area (Å²) in [4.78, 5) is 0. The maximum absolute atomic E-state index is 6.71. The van der Waals surface area contributed by atoms with E-state index in [1.54, 1.807) is 0 Å². The van der Waals surface area contributed by atoms with Crippen LogP contribution in [0.5, 0.6) is 0 Å². The molecule has 0 bridgehead atoms. The van der Waals surface area contributed by atoms with E-state index in [0.29, 0.717) is 0 Å². The van der Waals surface area contributed by atoms with E-state index in [-0.39, 0.29) is 0 Å². The molecule has 30 aromatic rings. The van der Waals surface area contributed by atoms with Crippen LogP contribution in [0.1, 0.15) is 0 Å². The lowest BCUT2D eigenvalue weighted by molar-refractivity contribution is 0.668. The minimum atomic E-state index is 0.865. The quantitative estimate of drug-likeness (QED) is 0.143. The van der Waals surface area contributed by atoms with E-state index >= 15 is 0 Å². The summed E-state index contributed by atoms with van der Waals surface area (Å²) in [5.41, 5.74) is 34.8. The van der Waals surface area contributed by atoms with Gasteiger partial charge in [-0.15, -0.1) is 0 Å². The van der Waals surface area contributed by atoms with Crippen molar-refractivity contribution in [3.05, 3.63) is 455 Å². The van der Waals surface area contributed by atoms with Crippen LogP contribution in [0.3, 0.4) is 0 Å². The molecule has 0 aliphatic heterocycles. The Hall–Kier alpha value is -18.2. The number of hydrogen-bond donors (Lipinski definition) is 0. The predicted molar refractivity (Wildman–Crippen MR) is 559 cm³/mol. The van der Waals surface area contributed by atoms with E-state index in [1.807, 2.05) is 54.6 Å². The summed E-state index contributed by atoms with van der Waals surface area (Å²) in [7, 11) is 0. The summed E-state index contributed by atoms with van der Waals surface area (Å²) in [6, 6.07) is 161. The lowest BCUT2D eigenvalue weighted by atomic mass is 9.97. The molecule has 630 valence electrons. The van der Waals surface area contributed by atoms with Gasteiger partial charge in [0.1, 0.15) is 67.0 Å². The number of fused-ring (bicyclic) bond motifs is 27. The van der Waals surface area contributed by atoms with Crippen molar-refractivity contribution < 1.29 is 26.5 Å². The van der Waals surface area contributed by atoms with Crippen LogP contribution in [0, 0.1) is 0 Å². The van der Waals surface area contributed by atoms with Crippen LogP contribution >= 0.6 is 0 Å². The van der Waals surface area contributed by atoms with Crippen molar-refractivity contribution in [2.75, 3.05) is 0 Å². The first-order valence-electron chi connectivity index (χ1n) is 45.8. The molecule has 0 saturated heterocycles. The highest BCUT2D eigenvalue weighted by Crippen LogP contribution is 2.49. The number of furan rings is 6. The van der Waals surface area contributed by atoms with E-state index in [9.17, 15) is 0 Å². The molecule has 0 aliphatic rings. The standard InChI is InChI=1S/C48H29NO2.C42H25NO2.C36H21NO2/c1-3-11-30(12-4-1)32-21-24-42-39(27-32)40-28-33(31-13-5-2-6-14-31)22-25-43(40)49(42)34-23-26-45-41(29-34)37-18-9-17-36(48(37)51-45)35-16-10-20-46-47(35)38-15-7-8-19-44(38)50-46;1-2-10-26(11-3-1)27-20-22-37-34(24-27)29-12-4-6-17-36(29)43(37)28-21-23-39-35(25-28)32-16-8-15-31(42(32)45-39)30-14-9-19-40-41(30)33-13-5-7-18-38(33)44-40;1-4-15-30-23(9-1)24-10-2-5-16-31(24)37(30)22-19-20-33-29(21-22)27-14-7-13-26(36(27)39-33)25-12-8-18-34-35(25)28-11-3-6-17-32(28)38-34/h1-29H;1-25H;1-21H. The average molecular weight is 1730 g/mol. The maximum atomic E-state index is 6.71. The van der Waals surface area contributed by atoms with Crippen LogP contribution in [0.15, 0.2) is 481 Å². The molecule has 0 spiro atoms. The molecule has 0 radical (unpaired) electrons. The van der Waals surface area contributed by atoms with E-state index in [4.69, 9.17) is 26.5 Å². The normalized spacial score (nSPS) is 12.0. The minimum Gasteiger partial charge on any atom is -0.456 e. The number of nitrogens with zero attached hydrogens (tertiary/aromatic N) is 3. The van der Waals surface area contributed by atoms with E-state index < -0.39 is 0 Å². The van der Waals surface area contributed by atoms with Crippen LogP contribution in [0.4, 0.5) is 0 Å².